The maximum Gasteiger partial charge on any atom is 0.407 e. The van der Waals surface area contributed by atoms with Gasteiger partial charge in [0.05, 0.1) is 13.0 Å². The van der Waals surface area contributed by atoms with Gasteiger partial charge in [-0.25, -0.2) is 4.79 Å². The number of ether oxygens (including phenoxy) is 1. The van der Waals surface area contributed by atoms with Gasteiger partial charge in [-0.05, 0) is 53.4 Å². The molecule has 6 heteroatoms. The van der Waals surface area contributed by atoms with Crippen LogP contribution < -0.4 is 10.6 Å². The van der Waals surface area contributed by atoms with Crippen LogP contribution in [0.2, 0.25) is 0 Å². The number of amides is 2. The zero-order valence-corrected chi connectivity index (χ0v) is 18.8. The predicted octanol–water partition coefficient (Wildman–Crippen LogP) is 4.49. The molecule has 0 heterocycles. The molecule has 0 radical (unpaired) electrons. The molecule has 0 aromatic heterocycles. The van der Waals surface area contributed by atoms with E-state index in [2.05, 4.69) is 46.7 Å². The molecule has 4 rings (SSSR count). The van der Waals surface area contributed by atoms with Gasteiger partial charge in [0, 0.05) is 17.2 Å². The molecule has 0 saturated heterocycles. The average molecular weight is 453 g/mol. The van der Waals surface area contributed by atoms with Crippen LogP contribution in [0.3, 0.4) is 0 Å². The van der Waals surface area contributed by atoms with Crippen LogP contribution in [0.4, 0.5) is 10.5 Å². The van der Waals surface area contributed by atoms with Crippen molar-refractivity contribution in [1.29, 1.82) is 0 Å². The summed E-state index contributed by atoms with van der Waals surface area (Å²) in [4.78, 5) is 34.8. The lowest BCUT2D eigenvalue weighted by molar-refractivity contribution is -0.124. The Morgan fingerprint density at radius 2 is 1.50 bits per heavy atom. The van der Waals surface area contributed by atoms with Crippen molar-refractivity contribution in [2.24, 2.45) is 0 Å². The van der Waals surface area contributed by atoms with Gasteiger partial charge in [-0.1, -0.05) is 60.4 Å². The van der Waals surface area contributed by atoms with E-state index in [1.807, 2.05) is 24.3 Å². The van der Waals surface area contributed by atoms with Gasteiger partial charge in [0.25, 0.3) is 0 Å². The minimum absolute atomic E-state index is 0.0127. The number of alkyl carbamates (subject to hydrolysis) is 1. The molecule has 0 fully saturated rings. The summed E-state index contributed by atoms with van der Waals surface area (Å²) in [5, 5.41) is 5.31. The molecular weight excluding hydrogens is 428 g/mol. The minimum atomic E-state index is -0.514. The predicted molar refractivity (Wildman–Crippen MR) is 130 cm³/mol. The molecule has 0 unspecified atom stereocenters. The SMILES string of the molecule is CC(=O)CC(=O)Nc1ccc(C#CCNC(=O)OCC2c3ccccc3-c3ccccc32)cc1. The Labute approximate surface area is 198 Å². The normalized spacial score (nSPS) is 11.4. The minimum Gasteiger partial charge on any atom is -0.449 e. The molecule has 6 nitrogen and oxygen atoms in total. The molecule has 2 amide bonds. The lowest BCUT2D eigenvalue weighted by Crippen LogP contribution is -2.26. The van der Waals surface area contributed by atoms with Gasteiger partial charge in [0.1, 0.15) is 12.4 Å². The Morgan fingerprint density at radius 1 is 0.882 bits per heavy atom. The molecule has 3 aromatic rings. The number of hydrogen-bond acceptors (Lipinski definition) is 4. The van der Waals surface area contributed by atoms with Gasteiger partial charge in [-0.15, -0.1) is 0 Å². The second-order valence-electron chi connectivity index (χ2n) is 7.99. The van der Waals surface area contributed by atoms with Crippen molar-refractivity contribution < 1.29 is 19.1 Å². The lowest BCUT2D eigenvalue weighted by atomic mass is 9.98. The summed E-state index contributed by atoms with van der Waals surface area (Å²) >= 11 is 0. The fourth-order valence-corrected chi connectivity index (χ4v) is 3.98. The van der Waals surface area contributed by atoms with Crippen LogP contribution in [-0.4, -0.2) is 30.9 Å². The quantitative estimate of drug-likeness (QED) is 0.426. The van der Waals surface area contributed by atoms with E-state index in [-0.39, 0.29) is 37.2 Å². The lowest BCUT2D eigenvalue weighted by Gasteiger charge is -2.14. The van der Waals surface area contributed by atoms with Crippen LogP contribution in [0, 0.1) is 11.8 Å². The fourth-order valence-electron chi connectivity index (χ4n) is 3.98. The maximum atomic E-state index is 12.2. The third-order valence-electron chi connectivity index (χ3n) is 5.48. The highest BCUT2D eigenvalue weighted by molar-refractivity contribution is 6.03. The first-order chi connectivity index (χ1) is 16.5. The number of benzene rings is 3. The highest BCUT2D eigenvalue weighted by atomic mass is 16.5. The van der Waals surface area contributed by atoms with E-state index in [1.165, 1.54) is 18.1 Å². The first-order valence-corrected chi connectivity index (χ1v) is 11.0. The summed E-state index contributed by atoms with van der Waals surface area (Å²) in [5.74, 6) is 5.31. The van der Waals surface area contributed by atoms with Gasteiger partial charge in [0.15, 0.2) is 0 Å². The van der Waals surface area contributed by atoms with Gasteiger partial charge in [0.2, 0.25) is 5.91 Å². The van der Waals surface area contributed by atoms with Gasteiger partial charge in [-0.3, -0.25) is 9.59 Å². The van der Waals surface area contributed by atoms with Gasteiger partial charge in [-0.2, -0.15) is 0 Å². The monoisotopic (exact) mass is 452 g/mol. The van der Waals surface area contributed by atoms with Crippen molar-refractivity contribution >= 4 is 23.5 Å². The number of fused-ring (bicyclic) bond motifs is 3. The average Bonchev–Trinajstić information content (AvgIpc) is 3.15. The number of rotatable bonds is 6. The van der Waals surface area contributed by atoms with Crippen LogP contribution in [0.5, 0.6) is 0 Å². The van der Waals surface area contributed by atoms with E-state index in [9.17, 15) is 14.4 Å². The Kier molecular flexibility index (Phi) is 7.04. The summed E-state index contributed by atoms with van der Waals surface area (Å²) in [5.41, 5.74) is 6.02. The zero-order chi connectivity index (χ0) is 23.9. The Hall–Kier alpha value is -4.37. The molecule has 1 aliphatic rings. The number of Topliss-reactive ketones (excluding diaryl/α,β-unsaturated/α-hetero) is 1. The third kappa shape index (κ3) is 5.51. The molecule has 34 heavy (non-hydrogen) atoms. The number of nitrogens with one attached hydrogen (secondary N) is 2. The standard InChI is InChI=1S/C28H24N2O4/c1-19(31)17-27(32)30-21-14-12-20(13-15-21)7-6-16-29-28(33)34-18-26-24-10-4-2-8-22(24)23-9-3-5-11-25(23)26/h2-5,8-15,26H,16-18H2,1H3,(H,29,33)(H,30,32). The smallest absolute Gasteiger partial charge is 0.407 e. The van der Waals surface area contributed by atoms with Crippen LogP contribution in [0.1, 0.15) is 36.0 Å². The topological polar surface area (TPSA) is 84.5 Å². The largest absolute Gasteiger partial charge is 0.449 e. The van der Waals surface area contributed by atoms with Crippen molar-refractivity contribution in [3.63, 3.8) is 0 Å². The van der Waals surface area contributed by atoms with E-state index in [1.54, 1.807) is 24.3 Å². The molecule has 0 saturated carbocycles. The number of hydrogen-bond donors (Lipinski definition) is 2. The van der Waals surface area contributed by atoms with Crippen LogP contribution in [-0.2, 0) is 14.3 Å². The summed E-state index contributed by atoms with van der Waals surface area (Å²) < 4.78 is 5.49. The maximum absolute atomic E-state index is 12.2. The van der Waals surface area contributed by atoms with Crippen molar-refractivity contribution in [3.8, 4) is 23.0 Å². The van der Waals surface area contributed by atoms with Crippen LogP contribution >= 0.6 is 0 Å². The van der Waals surface area contributed by atoms with E-state index in [4.69, 9.17) is 4.74 Å². The van der Waals surface area contributed by atoms with Crippen molar-refractivity contribution in [3.05, 3.63) is 89.5 Å². The molecule has 2 N–H and O–H groups in total. The number of anilines is 1. The molecule has 0 bridgehead atoms. The Morgan fingerprint density at radius 3 is 2.12 bits per heavy atom. The van der Waals surface area contributed by atoms with Crippen molar-refractivity contribution in [2.75, 3.05) is 18.5 Å². The first-order valence-electron chi connectivity index (χ1n) is 11.0. The Balaban J connectivity index is 1.26. The molecule has 0 aliphatic heterocycles. The number of carbonyl (C=O) groups is 3. The summed E-state index contributed by atoms with van der Waals surface area (Å²) in [6, 6.07) is 23.3. The van der Waals surface area contributed by atoms with E-state index in [0.717, 1.165) is 16.7 Å². The number of ketones is 1. The molecule has 1 aliphatic carbocycles. The van der Waals surface area contributed by atoms with E-state index < -0.39 is 6.09 Å². The van der Waals surface area contributed by atoms with Crippen molar-refractivity contribution in [1.82, 2.24) is 5.32 Å². The molecule has 0 spiro atoms. The van der Waals surface area contributed by atoms with E-state index in [0.29, 0.717) is 5.69 Å². The van der Waals surface area contributed by atoms with E-state index >= 15 is 0 Å². The molecule has 3 aromatic carbocycles. The van der Waals surface area contributed by atoms with Crippen molar-refractivity contribution in [2.45, 2.75) is 19.3 Å². The molecule has 170 valence electrons. The first kappa shape index (κ1) is 22.8. The third-order valence-corrected chi connectivity index (χ3v) is 5.48. The van der Waals surface area contributed by atoms with Crippen LogP contribution in [0.15, 0.2) is 72.8 Å². The molecule has 0 atom stereocenters. The second kappa shape index (κ2) is 10.5. The molecular formula is C28H24N2O4. The van der Waals surface area contributed by atoms with Gasteiger partial charge < -0.3 is 15.4 Å². The summed E-state index contributed by atoms with van der Waals surface area (Å²) in [6.07, 6.45) is -0.664. The van der Waals surface area contributed by atoms with Gasteiger partial charge >= 0.3 is 6.09 Å². The number of carbonyl (C=O) groups excluding carboxylic acids is 3. The Bertz CT molecular complexity index is 1240. The summed E-state index contributed by atoms with van der Waals surface area (Å²) in [7, 11) is 0. The summed E-state index contributed by atoms with van der Waals surface area (Å²) in [6.45, 7) is 1.77. The zero-order valence-electron chi connectivity index (χ0n) is 18.8. The fraction of sp³-hybridized carbons (Fsp3) is 0.179. The second-order valence-corrected chi connectivity index (χ2v) is 7.99. The highest BCUT2D eigenvalue weighted by Crippen LogP contribution is 2.44. The van der Waals surface area contributed by atoms with Crippen LogP contribution in [0.25, 0.3) is 11.1 Å². The highest BCUT2D eigenvalue weighted by Gasteiger charge is 2.28.